The van der Waals surface area contributed by atoms with Crippen molar-refractivity contribution in [3.05, 3.63) is 253 Å². The SMILES string of the molecule is c1ccc(-c2nc(-c3cccc(-c4ccc5sc6ccccc6c5c4)c3)cc(-c3ccccc3-c3cccc4c3-c3ccccc3C4(c3ccccc3)c3ccccc3)n2)cc1. The number of rotatable bonds is 7. The average Bonchev–Trinajstić information content (AvgIpc) is 3.88. The number of benzene rings is 9. The van der Waals surface area contributed by atoms with Crippen LogP contribution in [0.2, 0.25) is 0 Å². The molecule has 2 nitrogen and oxygen atoms in total. The lowest BCUT2D eigenvalue weighted by Crippen LogP contribution is -2.28. The molecule has 2 heterocycles. The fraction of sp³-hybridized carbons (Fsp3) is 0.0169. The summed E-state index contributed by atoms with van der Waals surface area (Å²) in [6.07, 6.45) is 0. The van der Waals surface area contributed by atoms with Gasteiger partial charge in [0.1, 0.15) is 0 Å². The number of fused-ring (bicyclic) bond motifs is 6. The van der Waals surface area contributed by atoms with Crippen molar-refractivity contribution in [3.63, 3.8) is 0 Å². The topological polar surface area (TPSA) is 25.8 Å². The number of hydrogen-bond donors (Lipinski definition) is 0. The van der Waals surface area contributed by atoms with Crippen LogP contribution in [0, 0.1) is 0 Å². The van der Waals surface area contributed by atoms with E-state index in [1.54, 1.807) is 0 Å². The van der Waals surface area contributed by atoms with E-state index in [0.29, 0.717) is 5.82 Å². The molecule has 2 aromatic heterocycles. The number of aromatic nitrogens is 2. The fourth-order valence-electron chi connectivity index (χ4n) is 9.87. The van der Waals surface area contributed by atoms with E-state index in [9.17, 15) is 0 Å². The van der Waals surface area contributed by atoms with Gasteiger partial charge in [0.05, 0.1) is 16.8 Å². The zero-order chi connectivity index (χ0) is 41.0. The van der Waals surface area contributed by atoms with Gasteiger partial charge in [-0.3, -0.25) is 0 Å². The van der Waals surface area contributed by atoms with Crippen LogP contribution in [0.5, 0.6) is 0 Å². The van der Waals surface area contributed by atoms with Crippen molar-refractivity contribution < 1.29 is 0 Å². The van der Waals surface area contributed by atoms with E-state index >= 15 is 0 Å². The van der Waals surface area contributed by atoms with Crippen LogP contribution in [-0.2, 0) is 5.41 Å². The Kier molecular flexibility index (Phi) is 8.62. The van der Waals surface area contributed by atoms with Crippen molar-refractivity contribution in [2.24, 2.45) is 0 Å². The molecule has 3 heteroatoms. The maximum Gasteiger partial charge on any atom is 0.160 e. The molecule has 12 rings (SSSR count). The molecule has 1 aliphatic rings. The molecule has 0 atom stereocenters. The summed E-state index contributed by atoms with van der Waals surface area (Å²) in [6.45, 7) is 0. The summed E-state index contributed by atoms with van der Waals surface area (Å²) < 4.78 is 2.61. The number of hydrogen-bond acceptors (Lipinski definition) is 3. The summed E-state index contributed by atoms with van der Waals surface area (Å²) in [5, 5.41) is 2.59. The van der Waals surface area contributed by atoms with Gasteiger partial charge in [0.2, 0.25) is 0 Å². The summed E-state index contributed by atoms with van der Waals surface area (Å²) in [6, 6.07) is 83.4. The molecule has 0 aliphatic heterocycles. The van der Waals surface area contributed by atoms with Gasteiger partial charge in [-0.1, -0.05) is 200 Å². The van der Waals surface area contributed by atoms with Gasteiger partial charge in [0, 0.05) is 36.9 Å². The minimum Gasteiger partial charge on any atom is -0.228 e. The van der Waals surface area contributed by atoms with E-state index in [4.69, 9.17) is 9.97 Å². The lowest BCUT2D eigenvalue weighted by atomic mass is 9.67. The third kappa shape index (κ3) is 5.78. The van der Waals surface area contributed by atoms with Crippen LogP contribution in [-0.4, -0.2) is 9.97 Å². The Morgan fingerprint density at radius 1 is 0.323 bits per heavy atom. The predicted molar refractivity (Wildman–Crippen MR) is 259 cm³/mol. The second-order valence-electron chi connectivity index (χ2n) is 16.0. The van der Waals surface area contributed by atoms with E-state index in [1.165, 1.54) is 64.7 Å². The first-order valence-electron chi connectivity index (χ1n) is 21.1. The minimum atomic E-state index is -0.492. The van der Waals surface area contributed by atoms with E-state index < -0.39 is 5.41 Å². The molecule has 0 saturated heterocycles. The highest BCUT2D eigenvalue weighted by Gasteiger charge is 2.46. The highest BCUT2D eigenvalue weighted by molar-refractivity contribution is 7.25. The van der Waals surface area contributed by atoms with Crippen molar-refractivity contribution in [3.8, 4) is 67.3 Å². The average molecular weight is 807 g/mol. The van der Waals surface area contributed by atoms with Crippen molar-refractivity contribution in [1.82, 2.24) is 9.97 Å². The van der Waals surface area contributed by atoms with Gasteiger partial charge in [0.15, 0.2) is 5.82 Å². The standard InChI is InChI=1S/C59H38N2S/c1-4-18-39(19-5-1)58-60-53(42-21-16-20-40(36-42)41-34-35-56-50(37-41)47-28-13-15-33-55(47)62-56)38-54(61-58)46-27-11-10-26-45(46)48-30-17-32-52-57(48)49-29-12-14-31-51(49)59(52,43-22-6-2-7-23-43)44-24-8-3-9-25-44/h1-38H. The Morgan fingerprint density at radius 2 is 0.871 bits per heavy atom. The first kappa shape index (κ1) is 36.2. The summed E-state index contributed by atoms with van der Waals surface area (Å²) in [5.41, 5.74) is 16.6. The molecule has 0 fully saturated rings. The normalized spacial score (nSPS) is 12.6. The van der Waals surface area contributed by atoms with Gasteiger partial charge in [-0.05, 0) is 86.0 Å². The molecule has 290 valence electrons. The van der Waals surface area contributed by atoms with Crippen molar-refractivity contribution in [2.75, 3.05) is 0 Å². The lowest BCUT2D eigenvalue weighted by Gasteiger charge is -2.34. The molecule has 11 aromatic rings. The summed E-state index contributed by atoms with van der Waals surface area (Å²) >= 11 is 1.85. The van der Waals surface area contributed by atoms with Crippen LogP contribution < -0.4 is 0 Å². The van der Waals surface area contributed by atoms with E-state index in [2.05, 4.69) is 224 Å². The van der Waals surface area contributed by atoms with E-state index in [0.717, 1.165) is 39.2 Å². The second kappa shape index (κ2) is 14.8. The van der Waals surface area contributed by atoms with Gasteiger partial charge in [0.25, 0.3) is 0 Å². The molecule has 0 spiro atoms. The van der Waals surface area contributed by atoms with Crippen LogP contribution in [0.4, 0.5) is 0 Å². The summed E-state index contributed by atoms with van der Waals surface area (Å²) in [7, 11) is 0. The van der Waals surface area contributed by atoms with Gasteiger partial charge in [-0.2, -0.15) is 0 Å². The van der Waals surface area contributed by atoms with Crippen LogP contribution in [0.3, 0.4) is 0 Å². The first-order valence-corrected chi connectivity index (χ1v) is 22.0. The first-order chi connectivity index (χ1) is 30.7. The van der Waals surface area contributed by atoms with Crippen LogP contribution >= 0.6 is 11.3 Å². The molecule has 1 aliphatic carbocycles. The Morgan fingerprint density at radius 3 is 1.66 bits per heavy atom. The van der Waals surface area contributed by atoms with Gasteiger partial charge in [-0.15, -0.1) is 11.3 Å². The zero-order valence-corrected chi connectivity index (χ0v) is 34.6. The molecule has 0 unspecified atom stereocenters. The molecule has 0 amide bonds. The monoisotopic (exact) mass is 806 g/mol. The molecule has 0 radical (unpaired) electrons. The fourth-order valence-corrected chi connectivity index (χ4v) is 11.0. The summed E-state index contributed by atoms with van der Waals surface area (Å²) in [5.74, 6) is 0.695. The highest BCUT2D eigenvalue weighted by Crippen LogP contribution is 2.58. The smallest absolute Gasteiger partial charge is 0.160 e. The Labute approximate surface area is 365 Å². The van der Waals surface area contributed by atoms with E-state index in [1.807, 2.05) is 17.4 Å². The van der Waals surface area contributed by atoms with Gasteiger partial charge < -0.3 is 0 Å². The van der Waals surface area contributed by atoms with Crippen molar-refractivity contribution in [1.29, 1.82) is 0 Å². The second-order valence-corrected chi connectivity index (χ2v) is 17.1. The molecule has 62 heavy (non-hydrogen) atoms. The van der Waals surface area contributed by atoms with Crippen molar-refractivity contribution in [2.45, 2.75) is 5.41 Å². The minimum absolute atomic E-state index is 0.492. The third-order valence-electron chi connectivity index (χ3n) is 12.6. The van der Waals surface area contributed by atoms with Gasteiger partial charge in [-0.25, -0.2) is 9.97 Å². The molecular weight excluding hydrogens is 769 g/mol. The molecule has 9 aromatic carbocycles. The quantitative estimate of drug-likeness (QED) is 0.160. The molecule has 0 saturated carbocycles. The Bertz CT molecular complexity index is 3420. The van der Waals surface area contributed by atoms with Crippen LogP contribution in [0.1, 0.15) is 22.3 Å². The van der Waals surface area contributed by atoms with Crippen LogP contribution in [0.25, 0.3) is 87.5 Å². The maximum absolute atomic E-state index is 5.38. The third-order valence-corrected chi connectivity index (χ3v) is 13.8. The molecule has 0 bridgehead atoms. The zero-order valence-electron chi connectivity index (χ0n) is 33.7. The Balaban J connectivity index is 1.05. The molecule has 0 N–H and O–H groups in total. The number of thiophene rings is 1. The van der Waals surface area contributed by atoms with Crippen LogP contribution in [0.15, 0.2) is 231 Å². The largest absolute Gasteiger partial charge is 0.228 e. The Hall–Kier alpha value is -7.72. The van der Waals surface area contributed by atoms with Gasteiger partial charge >= 0.3 is 0 Å². The summed E-state index contributed by atoms with van der Waals surface area (Å²) in [4.78, 5) is 10.7. The maximum atomic E-state index is 5.38. The predicted octanol–water partition coefficient (Wildman–Crippen LogP) is 15.5. The van der Waals surface area contributed by atoms with Crippen molar-refractivity contribution >= 4 is 31.5 Å². The van der Waals surface area contributed by atoms with E-state index in [-0.39, 0.29) is 0 Å². The lowest BCUT2D eigenvalue weighted by molar-refractivity contribution is 0.768. The highest BCUT2D eigenvalue weighted by atomic mass is 32.1. The molecular formula is C59H38N2S. The number of nitrogens with zero attached hydrogens (tertiary/aromatic N) is 2.